The van der Waals surface area contributed by atoms with Crippen LogP contribution in [0.5, 0.6) is 0 Å². The Balaban J connectivity index is 2.06. The molecule has 0 bridgehead atoms. The second kappa shape index (κ2) is 4.22. The lowest BCUT2D eigenvalue weighted by atomic mass is 9.93. The van der Waals surface area contributed by atoms with Gasteiger partial charge < -0.3 is 10.6 Å². The lowest BCUT2D eigenvalue weighted by molar-refractivity contribution is 0.818. The molecule has 0 aromatic heterocycles. The quantitative estimate of drug-likeness (QED) is 0.834. The van der Waals surface area contributed by atoms with Crippen molar-refractivity contribution in [3.05, 3.63) is 72.3 Å². The molecule has 0 saturated heterocycles. The molecule has 0 aliphatic carbocycles. The zero-order valence-corrected chi connectivity index (χ0v) is 10.4. The van der Waals surface area contributed by atoms with Gasteiger partial charge in [0, 0.05) is 17.8 Å². The van der Waals surface area contributed by atoms with Crippen molar-refractivity contribution < 1.29 is 0 Å². The summed E-state index contributed by atoms with van der Waals surface area (Å²) in [4.78, 5) is 0. The monoisotopic (exact) mass is 236 g/mol. The molecular formula is C16H16N2. The average Bonchev–Trinajstić information content (AvgIpc) is 2.84. The van der Waals surface area contributed by atoms with Crippen molar-refractivity contribution in [1.82, 2.24) is 10.6 Å². The summed E-state index contributed by atoms with van der Waals surface area (Å²) in [6, 6.07) is 15.0. The Bertz CT molecular complexity index is 635. The fourth-order valence-corrected chi connectivity index (χ4v) is 2.44. The Morgan fingerprint density at radius 3 is 2.61 bits per heavy atom. The van der Waals surface area contributed by atoms with Gasteiger partial charge in [0.05, 0.1) is 5.82 Å². The molecule has 1 atom stereocenters. The number of fused-ring (bicyclic) bond motifs is 1. The summed E-state index contributed by atoms with van der Waals surface area (Å²) < 4.78 is 0. The molecule has 1 unspecified atom stereocenters. The molecule has 0 saturated carbocycles. The van der Waals surface area contributed by atoms with Gasteiger partial charge in [0.15, 0.2) is 0 Å². The van der Waals surface area contributed by atoms with Crippen LogP contribution in [0.4, 0.5) is 0 Å². The minimum absolute atomic E-state index is 0.322. The van der Waals surface area contributed by atoms with Crippen LogP contribution in [-0.2, 0) is 0 Å². The van der Waals surface area contributed by atoms with E-state index in [1.54, 1.807) is 0 Å². The third-order valence-corrected chi connectivity index (χ3v) is 3.45. The molecule has 18 heavy (non-hydrogen) atoms. The highest BCUT2D eigenvalue weighted by atomic mass is 15.1. The van der Waals surface area contributed by atoms with Crippen LogP contribution in [0.1, 0.15) is 18.4 Å². The highest BCUT2D eigenvalue weighted by Gasteiger charge is 2.17. The molecule has 90 valence electrons. The summed E-state index contributed by atoms with van der Waals surface area (Å²) in [6.45, 7) is 6.08. The lowest BCUT2D eigenvalue weighted by Crippen LogP contribution is -2.14. The van der Waals surface area contributed by atoms with Crippen LogP contribution in [0, 0.1) is 0 Å². The summed E-state index contributed by atoms with van der Waals surface area (Å²) in [5.41, 5.74) is 2.50. The normalized spacial score (nSPS) is 16.1. The first-order chi connectivity index (χ1) is 8.75. The lowest BCUT2D eigenvalue weighted by Gasteiger charge is -2.16. The summed E-state index contributed by atoms with van der Waals surface area (Å²) >= 11 is 0. The Morgan fingerprint density at radius 1 is 1.06 bits per heavy atom. The van der Waals surface area contributed by atoms with E-state index in [4.69, 9.17) is 0 Å². The SMILES string of the molecule is C=C1NC=C(C(C)c2cccc3ccccc23)N1. The highest BCUT2D eigenvalue weighted by Crippen LogP contribution is 2.30. The second-order valence-electron chi connectivity index (χ2n) is 4.64. The van der Waals surface area contributed by atoms with Gasteiger partial charge in [0.25, 0.3) is 0 Å². The predicted molar refractivity (Wildman–Crippen MR) is 75.9 cm³/mol. The maximum absolute atomic E-state index is 3.87. The van der Waals surface area contributed by atoms with Crippen LogP contribution in [0.2, 0.25) is 0 Å². The molecule has 2 nitrogen and oxygen atoms in total. The molecule has 2 heteroatoms. The van der Waals surface area contributed by atoms with Gasteiger partial charge in [-0.3, -0.25) is 0 Å². The number of hydrogen-bond donors (Lipinski definition) is 2. The van der Waals surface area contributed by atoms with Crippen LogP contribution in [0.25, 0.3) is 10.8 Å². The van der Waals surface area contributed by atoms with Crippen LogP contribution in [-0.4, -0.2) is 0 Å². The van der Waals surface area contributed by atoms with Crippen LogP contribution >= 0.6 is 0 Å². The molecule has 2 N–H and O–H groups in total. The standard InChI is InChI=1S/C16H16N2/c1-11(16-10-17-12(2)18-16)14-9-5-7-13-6-3-4-8-15(13)14/h3-11,17-18H,2H2,1H3. The van der Waals surface area contributed by atoms with Gasteiger partial charge in [-0.15, -0.1) is 0 Å². The van der Waals surface area contributed by atoms with Gasteiger partial charge in [-0.2, -0.15) is 0 Å². The molecule has 0 fully saturated rings. The molecule has 3 rings (SSSR count). The van der Waals surface area contributed by atoms with Gasteiger partial charge in [-0.05, 0) is 16.3 Å². The summed E-state index contributed by atoms with van der Waals surface area (Å²) in [5, 5.41) is 8.97. The number of hydrogen-bond acceptors (Lipinski definition) is 2. The third-order valence-electron chi connectivity index (χ3n) is 3.45. The summed E-state index contributed by atoms with van der Waals surface area (Å²) in [7, 11) is 0. The summed E-state index contributed by atoms with van der Waals surface area (Å²) in [5.74, 6) is 1.17. The maximum Gasteiger partial charge on any atom is 0.0995 e. The fraction of sp³-hybridized carbons (Fsp3) is 0.125. The van der Waals surface area contributed by atoms with E-state index in [-0.39, 0.29) is 0 Å². The average molecular weight is 236 g/mol. The van der Waals surface area contributed by atoms with Gasteiger partial charge in [0.1, 0.15) is 0 Å². The predicted octanol–water partition coefficient (Wildman–Crippen LogP) is 3.45. The first-order valence-corrected chi connectivity index (χ1v) is 6.16. The first kappa shape index (κ1) is 10.9. The first-order valence-electron chi connectivity index (χ1n) is 6.16. The number of allylic oxidation sites excluding steroid dienone is 1. The van der Waals surface area contributed by atoms with Crippen molar-refractivity contribution in [3.63, 3.8) is 0 Å². The minimum Gasteiger partial charge on any atom is -0.347 e. The molecular weight excluding hydrogens is 220 g/mol. The van der Waals surface area contributed by atoms with E-state index >= 15 is 0 Å². The number of rotatable bonds is 2. The molecule has 1 heterocycles. The largest absolute Gasteiger partial charge is 0.347 e. The molecule has 2 aromatic rings. The van der Waals surface area contributed by atoms with E-state index in [1.165, 1.54) is 16.3 Å². The van der Waals surface area contributed by atoms with Gasteiger partial charge >= 0.3 is 0 Å². The van der Waals surface area contributed by atoms with E-state index in [0.29, 0.717) is 5.92 Å². The van der Waals surface area contributed by atoms with Gasteiger partial charge in [-0.1, -0.05) is 56.0 Å². The molecule has 1 aliphatic heterocycles. The molecule has 0 spiro atoms. The van der Waals surface area contributed by atoms with Crippen LogP contribution in [0.15, 0.2) is 66.8 Å². The minimum atomic E-state index is 0.322. The van der Waals surface area contributed by atoms with Gasteiger partial charge in [-0.25, -0.2) is 0 Å². The smallest absolute Gasteiger partial charge is 0.0995 e. The highest BCUT2D eigenvalue weighted by molar-refractivity contribution is 5.86. The topological polar surface area (TPSA) is 24.1 Å². The maximum atomic E-state index is 3.87. The number of benzene rings is 2. The van der Waals surface area contributed by atoms with E-state index in [0.717, 1.165) is 11.5 Å². The fourth-order valence-electron chi connectivity index (χ4n) is 2.44. The van der Waals surface area contributed by atoms with Crippen molar-refractivity contribution in [2.24, 2.45) is 0 Å². The molecule has 1 aliphatic rings. The van der Waals surface area contributed by atoms with Crippen LogP contribution < -0.4 is 10.6 Å². The molecule has 2 aromatic carbocycles. The van der Waals surface area contributed by atoms with E-state index in [1.807, 2.05) is 6.20 Å². The molecule has 0 radical (unpaired) electrons. The Labute approximate surface area is 107 Å². The van der Waals surface area contributed by atoms with Crippen molar-refractivity contribution in [1.29, 1.82) is 0 Å². The Morgan fingerprint density at radius 2 is 1.83 bits per heavy atom. The van der Waals surface area contributed by atoms with Crippen molar-refractivity contribution in [2.75, 3.05) is 0 Å². The zero-order valence-electron chi connectivity index (χ0n) is 10.4. The van der Waals surface area contributed by atoms with E-state index < -0.39 is 0 Å². The van der Waals surface area contributed by atoms with E-state index in [9.17, 15) is 0 Å². The van der Waals surface area contributed by atoms with Crippen molar-refractivity contribution >= 4 is 10.8 Å². The third kappa shape index (κ3) is 1.76. The van der Waals surface area contributed by atoms with Crippen molar-refractivity contribution in [3.8, 4) is 0 Å². The van der Waals surface area contributed by atoms with Gasteiger partial charge in [0.2, 0.25) is 0 Å². The second-order valence-corrected chi connectivity index (χ2v) is 4.64. The van der Waals surface area contributed by atoms with Crippen molar-refractivity contribution in [2.45, 2.75) is 12.8 Å². The van der Waals surface area contributed by atoms with Crippen LogP contribution in [0.3, 0.4) is 0 Å². The zero-order chi connectivity index (χ0) is 12.5. The summed E-state index contributed by atoms with van der Waals surface area (Å²) in [6.07, 6.45) is 1.99. The van der Waals surface area contributed by atoms with E-state index in [2.05, 4.69) is 66.6 Å². The Hall–Kier alpha value is -2.22. The number of nitrogens with one attached hydrogen (secondary N) is 2. The molecule has 0 amide bonds. The Kier molecular flexibility index (Phi) is 2.56.